The van der Waals surface area contributed by atoms with Crippen molar-refractivity contribution in [1.82, 2.24) is 4.90 Å². The number of fused-ring (bicyclic) bond motifs is 2. The van der Waals surface area contributed by atoms with Crippen LogP contribution in [0, 0.1) is 12.7 Å². The smallest absolute Gasteiger partial charge is 0.337 e. The Bertz CT molecular complexity index is 1570. The Labute approximate surface area is 249 Å². The van der Waals surface area contributed by atoms with Gasteiger partial charge < -0.3 is 24.3 Å². The van der Waals surface area contributed by atoms with Gasteiger partial charge in [0.1, 0.15) is 17.7 Å². The van der Waals surface area contributed by atoms with Gasteiger partial charge in [-0.25, -0.2) is 9.18 Å². The molecule has 9 heteroatoms. The Morgan fingerprint density at radius 1 is 1.07 bits per heavy atom. The van der Waals surface area contributed by atoms with Crippen molar-refractivity contribution in [3.05, 3.63) is 119 Å². The minimum atomic E-state index is -1.45. The number of nitrogens with one attached hydrogen (secondary N) is 1. The van der Waals surface area contributed by atoms with Gasteiger partial charge in [-0.3, -0.25) is 9.69 Å². The van der Waals surface area contributed by atoms with E-state index in [1.54, 1.807) is 31.2 Å². The molecule has 0 radical (unpaired) electrons. The highest BCUT2D eigenvalue weighted by Crippen LogP contribution is 2.52. The first-order valence-electron chi connectivity index (χ1n) is 14.3. The highest BCUT2D eigenvalue weighted by Gasteiger charge is 2.59. The number of benzene rings is 3. The highest BCUT2D eigenvalue weighted by molar-refractivity contribution is 6.12. The van der Waals surface area contributed by atoms with Crippen LogP contribution in [0.4, 0.5) is 10.1 Å². The van der Waals surface area contributed by atoms with Gasteiger partial charge in [-0.2, -0.15) is 0 Å². The molecule has 1 N–H and O–H groups in total. The molecule has 3 aromatic carbocycles. The number of nitrogens with zero attached hydrogens (tertiary/aromatic N) is 1. The molecule has 8 nitrogen and oxygen atoms in total. The number of methoxy groups -OCH3 is 1. The number of ether oxygens (including phenoxy) is 4. The van der Waals surface area contributed by atoms with Gasteiger partial charge in [0.05, 0.1) is 31.5 Å². The van der Waals surface area contributed by atoms with Gasteiger partial charge in [0.2, 0.25) is 0 Å². The molecule has 3 unspecified atom stereocenters. The summed E-state index contributed by atoms with van der Waals surface area (Å²) >= 11 is 0. The van der Waals surface area contributed by atoms with Crippen LogP contribution in [0.2, 0.25) is 0 Å². The number of morpholine rings is 1. The number of hydrogen-bond acceptors (Lipinski definition) is 7. The number of esters is 1. The lowest BCUT2D eigenvalue weighted by Crippen LogP contribution is -2.41. The Balaban J connectivity index is 1.38. The quantitative estimate of drug-likeness (QED) is 0.283. The third kappa shape index (κ3) is 5.71. The van der Waals surface area contributed by atoms with Crippen LogP contribution >= 0.6 is 0 Å². The Morgan fingerprint density at radius 2 is 1.81 bits per heavy atom. The normalized spacial score (nSPS) is 22.0. The SMILES string of the molecule is COC(=O)C1=C(C(=O)Nc2ccc(C)c(F)c2)C2C=CC1(C(Oc1ccccc1)c1ccc(CN3CCOCC3)cc1)O2. The Hall–Kier alpha value is -4.31. The number of anilines is 1. The lowest BCUT2D eigenvalue weighted by Gasteiger charge is -2.35. The molecule has 3 atom stereocenters. The van der Waals surface area contributed by atoms with Crippen molar-refractivity contribution in [3.63, 3.8) is 0 Å². The van der Waals surface area contributed by atoms with Crippen LogP contribution in [-0.4, -0.2) is 61.9 Å². The van der Waals surface area contributed by atoms with E-state index in [-0.39, 0.29) is 16.8 Å². The molecule has 0 saturated carbocycles. The van der Waals surface area contributed by atoms with Gasteiger partial charge in [-0.1, -0.05) is 54.6 Å². The fourth-order valence-corrected chi connectivity index (χ4v) is 5.79. The molecular formula is C34H33FN2O6. The maximum absolute atomic E-state index is 14.2. The zero-order valence-electron chi connectivity index (χ0n) is 24.0. The van der Waals surface area contributed by atoms with E-state index in [9.17, 15) is 14.0 Å². The van der Waals surface area contributed by atoms with Gasteiger partial charge in [0.15, 0.2) is 11.7 Å². The number of amides is 1. The minimum absolute atomic E-state index is 0.0471. The fourth-order valence-electron chi connectivity index (χ4n) is 5.79. The maximum Gasteiger partial charge on any atom is 0.337 e. The highest BCUT2D eigenvalue weighted by atomic mass is 19.1. The topological polar surface area (TPSA) is 86.3 Å². The number of aryl methyl sites for hydroxylation is 1. The number of halogens is 1. The predicted octanol–water partition coefficient (Wildman–Crippen LogP) is 4.90. The molecule has 222 valence electrons. The van der Waals surface area contributed by atoms with E-state index in [1.165, 1.54) is 13.2 Å². The summed E-state index contributed by atoms with van der Waals surface area (Å²) in [6.45, 7) is 5.61. The molecule has 2 bridgehead atoms. The molecule has 3 heterocycles. The van der Waals surface area contributed by atoms with E-state index in [4.69, 9.17) is 18.9 Å². The van der Waals surface area contributed by atoms with Crippen LogP contribution in [0.3, 0.4) is 0 Å². The summed E-state index contributed by atoms with van der Waals surface area (Å²) in [5.74, 6) is -1.18. The summed E-state index contributed by atoms with van der Waals surface area (Å²) in [5.41, 5.74) is 1.29. The zero-order valence-corrected chi connectivity index (χ0v) is 24.0. The van der Waals surface area contributed by atoms with E-state index in [0.717, 1.165) is 44.0 Å². The minimum Gasteiger partial charge on any atom is -0.482 e. The van der Waals surface area contributed by atoms with Crippen molar-refractivity contribution in [2.75, 3.05) is 38.7 Å². The van der Waals surface area contributed by atoms with Gasteiger partial charge in [0.25, 0.3) is 5.91 Å². The first-order chi connectivity index (χ1) is 20.9. The average molecular weight is 585 g/mol. The van der Waals surface area contributed by atoms with Crippen molar-refractivity contribution in [3.8, 4) is 5.75 Å². The Kier molecular flexibility index (Phi) is 8.12. The third-order valence-electron chi connectivity index (χ3n) is 8.03. The summed E-state index contributed by atoms with van der Waals surface area (Å²) in [6, 6.07) is 21.7. The van der Waals surface area contributed by atoms with E-state index in [0.29, 0.717) is 11.3 Å². The van der Waals surface area contributed by atoms with Crippen LogP contribution < -0.4 is 10.1 Å². The molecular weight excluding hydrogens is 551 g/mol. The van der Waals surface area contributed by atoms with E-state index < -0.39 is 35.5 Å². The first-order valence-corrected chi connectivity index (χ1v) is 14.3. The number of carbonyl (C=O) groups is 2. The molecule has 6 rings (SSSR count). The van der Waals surface area contributed by atoms with Gasteiger partial charge in [-0.15, -0.1) is 0 Å². The van der Waals surface area contributed by atoms with Gasteiger partial charge in [0, 0.05) is 25.3 Å². The van der Waals surface area contributed by atoms with Crippen LogP contribution in [0.5, 0.6) is 5.75 Å². The average Bonchev–Trinajstić information content (AvgIpc) is 3.61. The van der Waals surface area contributed by atoms with Crippen molar-refractivity contribution >= 4 is 17.6 Å². The number of hydrogen-bond donors (Lipinski definition) is 1. The Morgan fingerprint density at radius 3 is 2.51 bits per heavy atom. The second-order valence-corrected chi connectivity index (χ2v) is 10.8. The van der Waals surface area contributed by atoms with Crippen LogP contribution in [0.25, 0.3) is 0 Å². The van der Waals surface area contributed by atoms with Crippen molar-refractivity contribution in [2.45, 2.75) is 31.3 Å². The molecule has 1 saturated heterocycles. The number of carbonyl (C=O) groups excluding carboxylic acids is 2. The third-order valence-corrected chi connectivity index (χ3v) is 8.03. The predicted molar refractivity (Wildman–Crippen MR) is 158 cm³/mol. The second-order valence-electron chi connectivity index (χ2n) is 10.8. The summed E-state index contributed by atoms with van der Waals surface area (Å²) in [5, 5.41) is 2.72. The molecule has 43 heavy (non-hydrogen) atoms. The summed E-state index contributed by atoms with van der Waals surface area (Å²) in [7, 11) is 1.26. The summed E-state index contributed by atoms with van der Waals surface area (Å²) < 4.78 is 38.0. The number of rotatable bonds is 9. The summed E-state index contributed by atoms with van der Waals surface area (Å²) in [4.78, 5) is 29.4. The monoisotopic (exact) mass is 584 g/mol. The lowest BCUT2D eigenvalue weighted by molar-refractivity contribution is -0.139. The van der Waals surface area contributed by atoms with E-state index in [2.05, 4.69) is 10.2 Å². The van der Waals surface area contributed by atoms with Crippen molar-refractivity contribution in [1.29, 1.82) is 0 Å². The largest absolute Gasteiger partial charge is 0.482 e. The van der Waals surface area contributed by atoms with E-state index >= 15 is 0 Å². The molecule has 3 aliphatic heterocycles. The van der Waals surface area contributed by atoms with Crippen molar-refractivity contribution in [2.24, 2.45) is 0 Å². The second kappa shape index (κ2) is 12.1. The molecule has 0 spiro atoms. The zero-order chi connectivity index (χ0) is 30.0. The lowest BCUT2D eigenvalue weighted by atomic mass is 9.79. The standard InChI is InChI=1S/C34H33FN2O6/c1-22-8-13-25(20-27(22)35)36-32(38)29-28-14-15-34(43-28,30(29)33(39)40-2)31(42-26-6-4-3-5-7-26)24-11-9-23(10-12-24)21-37-16-18-41-19-17-37/h3-15,20,28,31H,16-19,21H2,1-2H3,(H,36,38). The molecule has 3 aliphatic rings. The van der Waals surface area contributed by atoms with Crippen molar-refractivity contribution < 1.29 is 32.9 Å². The fraction of sp³-hybridized carbons (Fsp3) is 0.294. The van der Waals surface area contributed by atoms with E-state index in [1.807, 2.05) is 54.6 Å². The molecule has 1 fully saturated rings. The van der Waals surface area contributed by atoms with Crippen LogP contribution in [-0.2, 0) is 30.3 Å². The van der Waals surface area contributed by atoms with Crippen LogP contribution in [0.1, 0.15) is 22.8 Å². The first kappa shape index (κ1) is 28.8. The molecule has 3 aromatic rings. The summed E-state index contributed by atoms with van der Waals surface area (Å²) in [6.07, 6.45) is 1.84. The van der Waals surface area contributed by atoms with Gasteiger partial charge in [-0.05, 0) is 54.0 Å². The molecule has 1 amide bonds. The maximum atomic E-state index is 14.2. The van der Waals surface area contributed by atoms with Gasteiger partial charge >= 0.3 is 5.97 Å². The number of para-hydroxylation sites is 1. The molecule has 0 aromatic heterocycles. The molecule has 0 aliphatic carbocycles. The van der Waals surface area contributed by atoms with Crippen LogP contribution in [0.15, 0.2) is 96.1 Å².